The van der Waals surface area contributed by atoms with Gasteiger partial charge in [0.15, 0.2) is 4.34 Å². The average molecular weight is 310 g/mol. The first kappa shape index (κ1) is 14.6. The second kappa shape index (κ2) is 7.11. The van der Waals surface area contributed by atoms with Crippen LogP contribution >= 0.6 is 23.1 Å². The van der Waals surface area contributed by atoms with Crippen LogP contribution in [0, 0.1) is 0 Å². The topological polar surface area (TPSA) is 90.1 Å². The van der Waals surface area contributed by atoms with Crippen molar-refractivity contribution in [2.75, 3.05) is 18.2 Å². The number of benzene rings is 1. The Morgan fingerprint density at radius 1 is 1.50 bits per heavy atom. The zero-order chi connectivity index (χ0) is 14.4. The first-order valence-electron chi connectivity index (χ1n) is 5.83. The van der Waals surface area contributed by atoms with Crippen molar-refractivity contribution in [1.29, 1.82) is 0 Å². The van der Waals surface area contributed by atoms with Gasteiger partial charge in [-0.25, -0.2) is 0 Å². The van der Waals surface area contributed by atoms with E-state index in [1.54, 1.807) is 7.11 Å². The molecule has 0 aliphatic heterocycles. The Bertz CT molecular complexity index is 588. The van der Waals surface area contributed by atoms with Crippen molar-refractivity contribution in [3.05, 3.63) is 24.3 Å². The van der Waals surface area contributed by atoms with E-state index in [4.69, 9.17) is 10.5 Å². The molecule has 0 aliphatic rings. The molecular weight excluding hydrogens is 296 g/mol. The summed E-state index contributed by atoms with van der Waals surface area (Å²) in [5, 5.41) is 11.9. The van der Waals surface area contributed by atoms with Crippen LogP contribution in [0.1, 0.15) is 6.42 Å². The molecule has 0 radical (unpaired) electrons. The molecule has 1 heterocycles. The number of methoxy groups -OCH3 is 1. The van der Waals surface area contributed by atoms with Gasteiger partial charge in [0.05, 0.1) is 7.11 Å². The summed E-state index contributed by atoms with van der Waals surface area (Å²) < 4.78 is 5.96. The van der Waals surface area contributed by atoms with Crippen LogP contribution < -0.4 is 15.8 Å². The van der Waals surface area contributed by atoms with Gasteiger partial charge in [0.2, 0.25) is 11.0 Å². The van der Waals surface area contributed by atoms with E-state index < -0.39 is 0 Å². The lowest BCUT2D eigenvalue weighted by molar-refractivity contribution is -0.117. The molecule has 1 amide bonds. The van der Waals surface area contributed by atoms with Crippen LogP contribution in [0.2, 0.25) is 0 Å². The van der Waals surface area contributed by atoms with Gasteiger partial charge in [-0.3, -0.25) is 4.79 Å². The minimum Gasteiger partial charge on any atom is -0.497 e. The molecule has 0 aliphatic carbocycles. The molecule has 0 spiro atoms. The van der Waals surface area contributed by atoms with Crippen LogP contribution in [0.3, 0.4) is 0 Å². The largest absolute Gasteiger partial charge is 0.497 e. The smallest absolute Gasteiger partial charge is 0.218 e. The Kier molecular flexibility index (Phi) is 5.19. The highest BCUT2D eigenvalue weighted by Crippen LogP contribution is 2.28. The molecule has 8 heteroatoms. The van der Waals surface area contributed by atoms with Crippen LogP contribution in [-0.4, -0.2) is 29.0 Å². The number of ether oxygens (including phenoxy) is 1. The summed E-state index contributed by atoms with van der Waals surface area (Å²) in [7, 11) is 1.62. The quantitative estimate of drug-likeness (QED) is 0.762. The molecule has 0 fully saturated rings. The number of aromatic nitrogens is 2. The lowest BCUT2D eigenvalue weighted by Crippen LogP contribution is -2.10. The maximum atomic E-state index is 10.6. The second-order valence-corrected chi connectivity index (χ2v) is 6.11. The van der Waals surface area contributed by atoms with E-state index in [-0.39, 0.29) is 5.91 Å². The molecule has 0 atom stereocenters. The predicted octanol–water partition coefficient (Wildman–Crippen LogP) is 2.26. The molecule has 0 unspecified atom stereocenters. The van der Waals surface area contributed by atoms with E-state index in [1.807, 2.05) is 24.3 Å². The summed E-state index contributed by atoms with van der Waals surface area (Å²) in [6.07, 6.45) is 0.336. The number of nitrogens with two attached hydrogens (primary N) is 1. The lowest BCUT2D eigenvalue weighted by Gasteiger charge is -2.04. The Morgan fingerprint density at radius 3 is 3.10 bits per heavy atom. The van der Waals surface area contributed by atoms with Crippen LogP contribution in [0.25, 0.3) is 0 Å². The normalized spacial score (nSPS) is 10.2. The molecule has 20 heavy (non-hydrogen) atoms. The van der Waals surface area contributed by atoms with Crippen molar-refractivity contribution in [2.24, 2.45) is 5.73 Å². The highest BCUT2D eigenvalue weighted by Gasteiger charge is 2.06. The molecule has 3 N–H and O–H groups in total. The number of thioether (sulfide) groups is 1. The second-order valence-electron chi connectivity index (χ2n) is 3.79. The van der Waals surface area contributed by atoms with Gasteiger partial charge in [-0.15, -0.1) is 10.2 Å². The van der Waals surface area contributed by atoms with Crippen LogP contribution in [-0.2, 0) is 4.79 Å². The lowest BCUT2D eigenvalue weighted by atomic mass is 10.3. The zero-order valence-electron chi connectivity index (χ0n) is 10.8. The molecule has 0 bridgehead atoms. The number of carbonyl (C=O) groups excluding carboxylic acids is 1. The fourth-order valence-electron chi connectivity index (χ4n) is 1.38. The van der Waals surface area contributed by atoms with Gasteiger partial charge < -0.3 is 15.8 Å². The summed E-state index contributed by atoms with van der Waals surface area (Å²) in [6.45, 7) is 0. The number of hydrogen-bond donors (Lipinski definition) is 2. The molecule has 2 rings (SSSR count). The molecule has 0 saturated heterocycles. The standard InChI is InChI=1S/C12H14N4O2S2/c1-18-9-4-2-3-8(7-9)14-11-15-16-12(20-11)19-6-5-10(13)17/h2-4,7H,5-6H2,1H3,(H2,13,17)(H,14,15). The third kappa shape index (κ3) is 4.39. The summed E-state index contributed by atoms with van der Waals surface area (Å²) in [5.74, 6) is 1.08. The monoisotopic (exact) mass is 310 g/mol. The molecule has 2 aromatic rings. The number of hydrogen-bond acceptors (Lipinski definition) is 7. The molecule has 0 saturated carbocycles. The maximum absolute atomic E-state index is 10.6. The fourth-order valence-corrected chi connectivity index (χ4v) is 3.18. The van der Waals surface area contributed by atoms with E-state index in [1.165, 1.54) is 23.1 Å². The van der Waals surface area contributed by atoms with Gasteiger partial charge in [0.1, 0.15) is 5.75 Å². The number of primary amides is 1. The Morgan fingerprint density at radius 2 is 2.35 bits per heavy atom. The van der Waals surface area contributed by atoms with Gasteiger partial charge in [-0.2, -0.15) is 0 Å². The van der Waals surface area contributed by atoms with Crippen molar-refractivity contribution in [2.45, 2.75) is 10.8 Å². The minimum absolute atomic E-state index is 0.309. The summed E-state index contributed by atoms with van der Waals surface area (Å²) >= 11 is 2.90. The molecule has 106 valence electrons. The van der Waals surface area contributed by atoms with Crippen molar-refractivity contribution in [3.8, 4) is 5.75 Å². The van der Waals surface area contributed by atoms with Gasteiger partial charge in [0, 0.05) is 23.9 Å². The summed E-state index contributed by atoms with van der Waals surface area (Å²) in [6, 6.07) is 7.56. The number of nitrogens with one attached hydrogen (secondary N) is 1. The average Bonchev–Trinajstić information content (AvgIpc) is 2.86. The van der Waals surface area contributed by atoms with Crippen LogP contribution in [0.4, 0.5) is 10.8 Å². The first-order chi connectivity index (χ1) is 9.67. The third-order valence-corrected chi connectivity index (χ3v) is 4.28. The van der Waals surface area contributed by atoms with E-state index >= 15 is 0 Å². The number of anilines is 2. The van der Waals surface area contributed by atoms with Crippen LogP contribution in [0.15, 0.2) is 28.6 Å². The number of nitrogens with zero attached hydrogens (tertiary/aromatic N) is 2. The van der Waals surface area contributed by atoms with E-state index in [9.17, 15) is 4.79 Å². The van der Waals surface area contributed by atoms with E-state index in [2.05, 4.69) is 15.5 Å². The van der Waals surface area contributed by atoms with Gasteiger partial charge in [0.25, 0.3) is 0 Å². The zero-order valence-corrected chi connectivity index (χ0v) is 12.5. The highest BCUT2D eigenvalue weighted by atomic mass is 32.2. The predicted molar refractivity (Wildman–Crippen MR) is 80.7 cm³/mol. The van der Waals surface area contributed by atoms with E-state index in [0.29, 0.717) is 17.3 Å². The van der Waals surface area contributed by atoms with Gasteiger partial charge in [-0.1, -0.05) is 29.2 Å². The molecule has 1 aromatic heterocycles. The minimum atomic E-state index is -0.309. The van der Waals surface area contributed by atoms with Gasteiger partial charge >= 0.3 is 0 Å². The fraction of sp³-hybridized carbons (Fsp3) is 0.250. The van der Waals surface area contributed by atoms with Crippen molar-refractivity contribution >= 4 is 39.8 Å². The molecular formula is C12H14N4O2S2. The van der Waals surface area contributed by atoms with Crippen LogP contribution in [0.5, 0.6) is 5.75 Å². The Hall–Kier alpha value is -1.80. The molecule has 1 aromatic carbocycles. The molecule has 6 nitrogen and oxygen atoms in total. The van der Waals surface area contributed by atoms with Crippen molar-refractivity contribution in [1.82, 2.24) is 10.2 Å². The summed E-state index contributed by atoms with van der Waals surface area (Å²) in [5.41, 5.74) is 5.97. The van der Waals surface area contributed by atoms with Crippen molar-refractivity contribution in [3.63, 3.8) is 0 Å². The Balaban J connectivity index is 1.93. The SMILES string of the molecule is COc1cccc(Nc2nnc(SCCC(N)=O)s2)c1. The summed E-state index contributed by atoms with van der Waals surface area (Å²) in [4.78, 5) is 10.6. The highest BCUT2D eigenvalue weighted by molar-refractivity contribution is 8.01. The number of amides is 1. The maximum Gasteiger partial charge on any atom is 0.218 e. The third-order valence-electron chi connectivity index (χ3n) is 2.30. The van der Waals surface area contributed by atoms with Crippen molar-refractivity contribution < 1.29 is 9.53 Å². The van der Waals surface area contributed by atoms with Gasteiger partial charge in [-0.05, 0) is 12.1 Å². The first-order valence-corrected chi connectivity index (χ1v) is 7.63. The van der Waals surface area contributed by atoms with E-state index in [0.717, 1.165) is 15.8 Å². The number of carbonyl (C=O) groups is 1. The number of rotatable bonds is 7. The Labute approximate surface area is 124 Å².